The van der Waals surface area contributed by atoms with Gasteiger partial charge in [-0.3, -0.25) is 9.88 Å². The molecule has 3 saturated heterocycles. The molecule has 0 unspecified atom stereocenters. The van der Waals surface area contributed by atoms with Crippen LogP contribution in [-0.2, 0) is 6.42 Å². The molecule has 7 rings (SSSR count). The normalized spacial score (nSPS) is 25.7. The van der Waals surface area contributed by atoms with Crippen molar-refractivity contribution in [2.45, 2.75) is 76.2 Å². The largest absolute Gasteiger partial charge is 0.508 e. The summed E-state index contributed by atoms with van der Waals surface area (Å²) in [5, 5.41) is 22.6. The number of anilines is 1. The van der Waals surface area contributed by atoms with E-state index in [1.54, 1.807) is 6.07 Å². The van der Waals surface area contributed by atoms with Gasteiger partial charge in [0.15, 0.2) is 5.82 Å². The molecule has 8 nitrogen and oxygen atoms in total. The molecule has 2 aromatic carbocycles. The predicted octanol–water partition coefficient (Wildman–Crippen LogP) is 5.70. The van der Waals surface area contributed by atoms with Gasteiger partial charge in [-0.15, -0.1) is 0 Å². The highest BCUT2D eigenvalue weighted by Crippen LogP contribution is 2.42. The first-order valence-corrected chi connectivity index (χ1v) is 15.5. The number of aliphatic hydroxyl groups is 1. The minimum Gasteiger partial charge on any atom is -0.508 e. The van der Waals surface area contributed by atoms with Crippen molar-refractivity contribution in [1.82, 2.24) is 19.9 Å². The highest BCUT2D eigenvalue weighted by Gasteiger charge is 2.49. The minimum atomic E-state index is -0.927. The van der Waals surface area contributed by atoms with Gasteiger partial charge in [0.1, 0.15) is 41.4 Å². The predicted molar refractivity (Wildman–Crippen MR) is 162 cm³/mol. The second-order valence-electron chi connectivity index (χ2n) is 12.5. The zero-order valence-corrected chi connectivity index (χ0v) is 24.9. The number of benzene rings is 2. The number of rotatable bonds is 6. The molecule has 3 aliphatic rings. The standard InChI is InChI=1S/C33H36F3N5O3/c1-3-22-25(35)8-7-19-12-21(42)13-23(27(19)22)29-28(36)30-24(15-37-29)31(41-11-4-6-26(43)18(41)2)39-32(38-30)44-17-33-9-5-10-40(33)16-20(34)14-33/h7-8,12-13,15,18,20,26,42-43H,3-6,9-11,14,16-17H2,1-2H3/t18-,20-,26-,33+/m1/s1. The fraction of sp³-hybridized carbons (Fsp3) is 0.485. The smallest absolute Gasteiger partial charge is 0.319 e. The number of hydrogen-bond acceptors (Lipinski definition) is 8. The van der Waals surface area contributed by atoms with E-state index in [2.05, 4.69) is 14.9 Å². The number of aromatic hydroxyl groups is 1. The summed E-state index contributed by atoms with van der Waals surface area (Å²) in [6.07, 6.45) is 3.80. The van der Waals surface area contributed by atoms with Gasteiger partial charge >= 0.3 is 6.01 Å². The van der Waals surface area contributed by atoms with E-state index in [-0.39, 0.29) is 41.2 Å². The molecule has 0 amide bonds. The summed E-state index contributed by atoms with van der Waals surface area (Å²) in [5.41, 5.74) is 0.0719. The van der Waals surface area contributed by atoms with E-state index in [1.165, 1.54) is 24.4 Å². The Morgan fingerprint density at radius 1 is 1.14 bits per heavy atom. The molecule has 11 heteroatoms. The van der Waals surface area contributed by atoms with Crippen molar-refractivity contribution in [1.29, 1.82) is 0 Å². The van der Waals surface area contributed by atoms with Crippen molar-refractivity contribution >= 4 is 27.5 Å². The van der Waals surface area contributed by atoms with Gasteiger partial charge in [0.2, 0.25) is 0 Å². The molecule has 0 radical (unpaired) electrons. The molecule has 5 heterocycles. The molecule has 0 bridgehead atoms. The van der Waals surface area contributed by atoms with E-state index in [1.807, 2.05) is 18.7 Å². The number of aromatic nitrogens is 3. The highest BCUT2D eigenvalue weighted by atomic mass is 19.1. The Morgan fingerprint density at radius 2 is 1.98 bits per heavy atom. The SMILES string of the molecule is CCc1c(F)ccc2cc(O)cc(-c3ncc4c(N5CCC[C@@H](O)[C@H]5C)nc(OC[C@@]56CCCN5C[C@H](F)C6)nc4c3F)c12. The van der Waals surface area contributed by atoms with E-state index in [0.717, 1.165) is 25.8 Å². The Hall–Kier alpha value is -3.70. The van der Waals surface area contributed by atoms with Crippen LogP contribution in [0.25, 0.3) is 32.9 Å². The Labute approximate surface area is 253 Å². The van der Waals surface area contributed by atoms with Crippen LogP contribution in [0.5, 0.6) is 11.8 Å². The number of aliphatic hydroxyl groups excluding tert-OH is 1. The van der Waals surface area contributed by atoms with Gasteiger partial charge < -0.3 is 19.8 Å². The summed E-state index contributed by atoms with van der Waals surface area (Å²) < 4.78 is 52.3. The molecule has 2 aromatic heterocycles. The third-order valence-electron chi connectivity index (χ3n) is 9.86. The van der Waals surface area contributed by atoms with Crippen LogP contribution in [0.1, 0.15) is 51.5 Å². The first kappa shape index (κ1) is 29.0. The summed E-state index contributed by atoms with van der Waals surface area (Å²) >= 11 is 0. The minimum absolute atomic E-state index is 0.0382. The van der Waals surface area contributed by atoms with Crippen molar-refractivity contribution in [3.05, 3.63) is 47.7 Å². The molecule has 2 N–H and O–H groups in total. The summed E-state index contributed by atoms with van der Waals surface area (Å²) in [5.74, 6) is -0.890. The Bertz CT molecular complexity index is 1760. The second kappa shape index (κ2) is 11.0. The molecule has 0 spiro atoms. The zero-order chi connectivity index (χ0) is 30.7. The lowest BCUT2D eigenvalue weighted by Gasteiger charge is -2.38. The number of phenols is 1. The lowest BCUT2D eigenvalue weighted by molar-refractivity contribution is 0.107. The summed E-state index contributed by atoms with van der Waals surface area (Å²) in [7, 11) is 0. The quantitative estimate of drug-likeness (QED) is 0.289. The maximum Gasteiger partial charge on any atom is 0.319 e. The maximum absolute atomic E-state index is 16.7. The molecule has 44 heavy (non-hydrogen) atoms. The van der Waals surface area contributed by atoms with Crippen molar-refractivity contribution in [2.75, 3.05) is 31.1 Å². The van der Waals surface area contributed by atoms with Crippen LogP contribution in [0.15, 0.2) is 30.5 Å². The number of pyridine rings is 1. The average molecular weight is 608 g/mol. The monoisotopic (exact) mass is 607 g/mol. The van der Waals surface area contributed by atoms with E-state index >= 15 is 4.39 Å². The van der Waals surface area contributed by atoms with Crippen LogP contribution in [-0.4, -0.2) is 80.2 Å². The Kier molecular flexibility index (Phi) is 7.28. The number of hydrogen-bond donors (Lipinski definition) is 2. The summed E-state index contributed by atoms with van der Waals surface area (Å²) in [4.78, 5) is 17.8. The third-order valence-corrected chi connectivity index (χ3v) is 9.86. The molecule has 0 aliphatic carbocycles. The van der Waals surface area contributed by atoms with Gasteiger partial charge in [0, 0.05) is 31.3 Å². The summed E-state index contributed by atoms with van der Waals surface area (Å²) in [6.45, 7) is 5.65. The molecule has 3 aliphatic heterocycles. The number of halogens is 3. The molecule has 4 atom stereocenters. The average Bonchev–Trinajstić information content (AvgIpc) is 3.53. The lowest BCUT2D eigenvalue weighted by atomic mass is 9.94. The number of alkyl halides is 1. The Balaban J connectivity index is 1.39. The van der Waals surface area contributed by atoms with Crippen molar-refractivity contribution < 1.29 is 28.1 Å². The van der Waals surface area contributed by atoms with Crippen LogP contribution >= 0.6 is 0 Å². The topological polar surface area (TPSA) is 94.8 Å². The summed E-state index contributed by atoms with van der Waals surface area (Å²) in [6, 6.07) is 5.46. The lowest BCUT2D eigenvalue weighted by Crippen LogP contribution is -2.47. The third kappa shape index (κ3) is 4.72. The number of aryl methyl sites for hydroxylation is 1. The number of piperidine rings is 1. The highest BCUT2D eigenvalue weighted by molar-refractivity contribution is 6.01. The fourth-order valence-electron chi connectivity index (χ4n) is 7.59. The number of fused-ring (bicyclic) bond motifs is 3. The van der Waals surface area contributed by atoms with Crippen LogP contribution in [0.4, 0.5) is 19.0 Å². The van der Waals surface area contributed by atoms with Gasteiger partial charge in [-0.05, 0) is 80.1 Å². The van der Waals surface area contributed by atoms with E-state index in [4.69, 9.17) is 9.72 Å². The zero-order valence-electron chi connectivity index (χ0n) is 24.9. The Morgan fingerprint density at radius 3 is 2.80 bits per heavy atom. The van der Waals surface area contributed by atoms with Crippen LogP contribution in [0.3, 0.4) is 0 Å². The number of phenolic OH excluding ortho intramolecular Hbond substituents is 1. The maximum atomic E-state index is 16.7. The van der Waals surface area contributed by atoms with Crippen LogP contribution < -0.4 is 9.64 Å². The second-order valence-corrected chi connectivity index (χ2v) is 12.5. The molecule has 4 aromatic rings. The first-order chi connectivity index (χ1) is 21.2. The van der Waals surface area contributed by atoms with E-state index in [0.29, 0.717) is 59.9 Å². The molecule has 0 saturated carbocycles. The van der Waals surface area contributed by atoms with Gasteiger partial charge in [0.25, 0.3) is 0 Å². The number of nitrogens with zero attached hydrogens (tertiary/aromatic N) is 5. The fourth-order valence-corrected chi connectivity index (χ4v) is 7.59. The molecule has 3 fully saturated rings. The van der Waals surface area contributed by atoms with Crippen LogP contribution in [0.2, 0.25) is 0 Å². The molecule has 232 valence electrons. The van der Waals surface area contributed by atoms with Gasteiger partial charge in [-0.1, -0.05) is 13.0 Å². The first-order valence-electron chi connectivity index (χ1n) is 15.5. The van der Waals surface area contributed by atoms with Gasteiger partial charge in [-0.25, -0.2) is 13.2 Å². The van der Waals surface area contributed by atoms with Crippen LogP contribution in [0, 0.1) is 11.6 Å². The van der Waals surface area contributed by atoms with Crippen molar-refractivity contribution in [3.8, 4) is 23.0 Å². The van der Waals surface area contributed by atoms with Gasteiger partial charge in [-0.2, -0.15) is 9.97 Å². The number of ether oxygens (including phenoxy) is 1. The van der Waals surface area contributed by atoms with Crippen molar-refractivity contribution in [2.24, 2.45) is 0 Å². The molecular formula is C33H36F3N5O3. The molecular weight excluding hydrogens is 571 g/mol. The van der Waals surface area contributed by atoms with Gasteiger partial charge in [0.05, 0.1) is 23.1 Å². The van der Waals surface area contributed by atoms with E-state index < -0.39 is 29.4 Å². The van der Waals surface area contributed by atoms with E-state index in [9.17, 15) is 19.0 Å². The van der Waals surface area contributed by atoms with Crippen molar-refractivity contribution in [3.63, 3.8) is 0 Å².